The van der Waals surface area contributed by atoms with Gasteiger partial charge in [-0.2, -0.15) is 0 Å². The van der Waals surface area contributed by atoms with Crippen LogP contribution in [0.15, 0.2) is 168 Å². The van der Waals surface area contributed by atoms with Crippen LogP contribution in [-0.4, -0.2) is 82.7 Å². The number of Topliss-reactive ketones (excluding diaryl/α,β-unsaturated/α-hetero) is 3. The molecule has 9 aliphatic rings. The summed E-state index contributed by atoms with van der Waals surface area (Å²) in [5, 5.41) is 18.9. The quantitative estimate of drug-likeness (QED) is 0.0490. The van der Waals surface area contributed by atoms with Crippen molar-refractivity contribution in [2.75, 3.05) is 0 Å². The fraction of sp³-hybridized carbons (Fsp3) is 0.318. The summed E-state index contributed by atoms with van der Waals surface area (Å²) in [5.41, 5.74) is 12.1. The van der Waals surface area contributed by atoms with Crippen molar-refractivity contribution in [1.29, 1.82) is 0 Å². The van der Waals surface area contributed by atoms with Crippen LogP contribution in [0, 0.1) is 20.8 Å². The van der Waals surface area contributed by atoms with Crippen molar-refractivity contribution in [3.8, 4) is 56.8 Å². The van der Waals surface area contributed by atoms with E-state index in [9.17, 15) is 65.3 Å². The molecule has 0 atom stereocenters. The monoisotopic (exact) mass is 1630 g/mol. The molecular weight excluding hydrogens is 1550 g/mol. The zero-order valence-electron chi connectivity index (χ0n) is 62.2. The smallest absolute Gasteiger partial charge is 0.478 e. The highest BCUT2D eigenvalue weighted by molar-refractivity contribution is 9.10. The number of ether oxygens (including phenoxy) is 8. The largest absolute Gasteiger partial charge is 0.586 e. The number of hydrogen-bond acceptors (Lipinski definition) is 17. The molecule has 0 aromatic heterocycles. The van der Waals surface area contributed by atoms with E-state index in [1.807, 2.05) is 133 Å². The van der Waals surface area contributed by atoms with E-state index < -0.39 is 59.4 Å². The maximum Gasteiger partial charge on any atom is 0.586 e. The predicted molar refractivity (Wildman–Crippen MR) is 409 cm³/mol. The Morgan fingerprint density at radius 2 is 0.798 bits per heavy atom. The zero-order chi connectivity index (χ0) is 80.3. The topological polar surface area (TPSA) is 235 Å². The Labute approximate surface area is 661 Å². The number of aromatic carboxylic acids is 1. The number of carboxylic acids is 1. The molecule has 114 heavy (non-hydrogen) atoms. The highest BCUT2D eigenvalue weighted by Gasteiger charge is 2.56. The van der Waals surface area contributed by atoms with Crippen LogP contribution in [-0.2, 0) is 88.5 Å². The Hall–Kier alpha value is -10.8. The molecule has 590 valence electrons. The number of carbonyl (C=O) groups is 6. The number of halogens is 7. The van der Waals surface area contributed by atoms with E-state index in [1.165, 1.54) is 42.5 Å². The summed E-state index contributed by atoms with van der Waals surface area (Å²) in [5.74, 6) is -1.87. The molecule has 3 aliphatic carbocycles. The summed E-state index contributed by atoms with van der Waals surface area (Å²) in [6, 6.07) is 47.2. The van der Waals surface area contributed by atoms with Crippen molar-refractivity contribution in [2.24, 2.45) is 0 Å². The first-order valence-electron chi connectivity index (χ1n) is 36.6. The standard InChI is InChI=1S/C27H22F2O6.C27H20F2O5.C25H27BF2O5.C8H5BrO2.CH4/c1-15-2-3-16(10-20(15)17-4-5-18(14-30)21(12-17)25(32)33)11-24(31)26(8-9-26)19-6-7-22-23(13-19)35-27(28,29)34-22;1-15-2-3-16(10-20(15)17-4-5-18-14-32-25(31)21(18)12-17)11-24(30)26(8-9-26)19-6-7-22-23(13-19)34-27(28,29)33-22;1-15-6-7-16(12-18(15)26-32-22(2,3)23(4,5)33-26)13-21(29)24(10-11-24)17-8-9-19-20(14-17)31-25(27,28)30-19;9-6-2-1-5-4-11-8(10)7(5)3-6;/h2-7,10,12-13,30H,8-9,11,14H2,1H3,(H,32,33);2-7,10,12-13H,8-9,11,14H2,1H3;6-9,12,14H,10-11,13H2,1-5H3;1-3H,4H2;1H4. The predicted octanol–water partition coefficient (Wildman–Crippen LogP) is 17.7. The molecule has 4 fully saturated rings. The second kappa shape index (κ2) is 29.6. The van der Waals surface area contributed by atoms with Gasteiger partial charge in [0.15, 0.2) is 34.5 Å². The molecule has 18 rings (SSSR count). The van der Waals surface area contributed by atoms with E-state index in [0.717, 1.165) is 71.1 Å². The van der Waals surface area contributed by atoms with Gasteiger partial charge in [0.1, 0.15) is 30.6 Å². The number of rotatable bonds is 17. The number of alkyl halides is 6. The molecule has 0 unspecified atom stereocenters. The van der Waals surface area contributed by atoms with Gasteiger partial charge >= 0.3 is 43.9 Å². The van der Waals surface area contributed by atoms with E-state index in [0.29, 0.717) is 90.7 Å². The van der Waals surface area contributed by atoms with Crippen molar-refractivity contribution < 1.29 is 113 Å². The van der Waals surface area contributed by atoms with Crippen LogP contribution in [0.2, 0.25) is 0 Å². The number of esters is 2. The number of carbonyl (C=O) groups excluding carboxylic acids is 5. The van der Waals surface area contributed by atoms with Gasteiger partial charge in [-0.15, -0.1) is 26.3 Å². The van der Waals surface area contributed by atoms with E-state index >= 15 is 0 Å². The molecule has 0 bridgehead atoms. The molecule has 18 nitrogen and oxygen atoms in total. The molecular formula is C88H78BBrF6O18. The minimum absolute atomic E-state index is 0. The fourth-order valence-corrected chi connectivity index (χ4v) is 15.4. The number of benzene rings is 9. The van der Waals surface area contributed by atoms with Gasteiger partial charge in [-0.3, -0.25) is 14.4 Å². The zero-order valence-corrected chi connectivity index (χ0v) is 63.8. The van der Waals surface area contributed by atoms with Gasteiger partial charge in [-0.25, -0.2) is 14.4 Å². The number of aliphatic hydroxyl groups excluding tert-OH is 1. The van der Waals surface area contributed by atoms with Gasteiger partial charge in [0, 0.05) is 34.9 Å². The molecule has 2 N–H and O–H groups in total. The number of hydrogen-bond donors (Lipinski definition) is 2. The van der Waals surface area contributed by atoms with Gasteiger partial charge in [0.25, 0.3) is 0 Å². The number of aryl methyl sites for hydroxylation is 3. The molecule has 6 aliphatic heterocycles. The third kappa shape index (κ3) is 15.7. The average molecular weight is 1630 g/mol. The summed E-state index contributed by atoms with van der Waals surface area (Å²) in [4.78, 5) is 74.7. The van der Waals surface area contributed by atoms with Crippen LogP contribution < -0.4 is 33.9 Å². The number of cyclic esters (lactones) is 2. The molecule has 0 spiro atoms. The van der Waals surface area contributed by atoms with Crippen molar-refractivity contribution in [3.63, 3.8) is 0 Å². The van der Waals surface area contributed by atoms with E-state index in [1.54, 1.807) is 36.4 Å². The normalized spacial score (nSPS) is 18.6. The Kier molecular flexibility index (Phi) is 20.7. The molecule has 0 radical (unpaired) electrons. The Bertz CT molecular complexity index is 5440. The van der Waals surface area contributed by atoms with Crippen LogP contribution in [0.5, 0.6) is 34.5 Å². The maximum atomic E-state index is 13.4. The first kappa shape index (κ1) is 79.8. The summed E-state index contributed by atoms with van der Waals surface area (Å²) in [6.45, 7) is 14.2. The Morgan fingerprint density at radius 3 is 1.20 bits per heavy atom. The second-order valence-corrected chi connectivity index (χ2v) is 31.7. The van der Waals surface area contributed by atoms with Gasteiger partial charge in [0.05, 0.1) is 50.7 Å². The Balaban J connectivity index is 0.000000132. The van der Waals surface area contributed by atoms with Gasteiger partial charge in [-0.05, 0) is 225 Å². The summed E-state index contributed by atoms with van der Waals surface area (Å²) in [6.07, 6.45) is -6.58. The summed E-state index contributed by atoms with van der Waals surface area (Å²) >= 11 is 3.28. The molecule has 9 aromatic rings. The van der Waals surface area contributed by atoms with Crippen LogP contribution in [0.25, 0.3) is 22.3 Å². The molecule has 6 heterocycles. The number of ketones is 3. The fourth-order valence-electron chi connectivity index (χ4n) is 15.0. The molecule has 3 saturated carbocycles. The highest BCUT2D eigenvalue weighted by atomic mass is 79.9. The Morgan fingerprint density at radius 1 is 0.430 bits per heavy atom. The third-order valence-corrected chi connectivity index (χ3v) is 23.2. The number of fused-ring (bicyclic) bond motifs is 5. The minimum atomic E-state index is -3.71. The van der Waals surface area contributed by atoms with E-state index in [2.05, 4.69) is 44.4 Å². The van der Waals surface area contributed by atoms with Crippen LogP contribution >= 0.6 is 15.9 Å². The minimum Gasteiger partial charge on any atom is -0.478 e. The highest BCUT2D eigenvalue weighted by Crippen LogP contribution is 2.56. The molecule has 26 heteroatoms. The molecule has 0 amide bonds. The molecule has 9 aromatic carbocycles. The van der Waals surface area contributed by atoms with E-state index in [4.69, 9.17) is 18.8 Å². The van der Waals surface area contributed by atoms with Gasteiger partial charge in [0.2, 0.25) is 0 Å². The third-order valence-electron chi connectivity index (χ3n) is 22.7. The van der Waals surface area contributed by atoms with Gasteiger partial charge in [-0.1, -0.05) is 132 Å². The van der Waals surface area contributed by atoms with Crippen molar-refractivity contribution in [3.05, 3.63) is 252 Å². The first-order valence-corrected chi connectivity index (χ1v) is 37.4. The maximum absolute atomic E-state index is 13.4. The lowest BCUT2D eigenvalue weighted by atomic mass is 9.75. The van der Waals surface area contributed by atoms with Crippen molar-refractivity contribution >= 4 is 63.8 Å². The van der Waals surface area contributed by atoms with Gasteiger partial charge < -0.3 is 57.4 Å². The molecule has 1 saturated heterocycles. The van der Waals surface area contributed by atoms with Crippen LogP contribution in [0.1, 0.15) is 171 Å². The van der Waals surface area contributed by atoms with Crippen LogP contribution in [0.4, 0.5) is 26.3 Å². The van der Waals surface area contributed by atoms with E-state index in [-0.39, 0.29) is 103 Å². The number of aliphatic hydroxyl groups is 1. The second-order valence-electron chi connectivity index (χ2n) is 30.8. The van der Waals surface area contributed by atoms with Crippen molar-refractivity contribution in [2.45, 2.75) is 180 Å². The average Bonchev–Trinajstić information content (AvgIpc) is 1.59. The SMILES string of the molecule is C.Cc1ccc(CC(=O)C2(c3ccc4c(c3)OC(F)(F)O4)CC2)cc1-c1ccc(CO)c(C(=O)O)c1.Cc1ccc(CC(=O)C2(c3ccc4c(c3)OC(F)(F)O4)CC2)cc1-c1ccc2c(c1)C(=O)OC2.Cc1ccc(CC(=O)C2(c3ccc4c(c3)OC(F)(F)O4)CC2)cc1B1OC(C)(C)C(C)(C)O1.O=C1OCc2ccc(Br)cc21. The summed E-state index contributed by atoms with van der Waals surface area (Å²) in [7, 11) is -0.504. The van der Waals surface area contributed by atoms with Crippen LogP contribution in [0.3, 0.4) is 0 Å². The first-order chi connectivity index (χ1) is 53.4. The van der Waals surface area contributed by atoms with Crippen molar-refractivity contribution in [1.82, 2.24) is 0 Å². The summed E-state index contributed by atoms with van der Waals surface area (Å²) < 4.78 is 131. The lowest BCUT2D eigenvalue weighted by Gasteiger charge is -2.32. The lowest BCUT2D eigenvalue weighted by Crippen LogP contribution is -2.41. The number of carboxylic acid groups (broad SMARTS) is 1. The lowest BCUT2D eigenvalue weighted by molar-refractivity contribution is -0.287.